The first-order chi connectivity index (χ1) is 7.90. The van der Waals surface area contributed by atoms with Crippen LogP contribution in [0.25, 0.3) is 0 Å². The summed E-state index contributed by atoms with van der Waals surface area (Å²) in [6.45, 7) is 0.542. The van der Waals surface area contributed by atoms with E-state index in [2.05, 4.69) is 22.4 Å². The van der Waals surface area contributed by atoms with Crippen molar-refractivity contribution in [3.8, 4) is 0 Å². The van der Waals surface area contributed by atoms with Gasteiger partial charge in [0.05, 0.1) is 6.04 Å². The minimum Gasteiger partial charge on any atom is -0.362 e. The Balaban J connectivity index is 2.13. The van der Waals surface area contributed by atoms with Gasteiger partial charge in [-0.3, -0.25) is 0 Å². The van der Waals surface area contributed by atoms with Crippen LogP contribution in [0.1, 0.15) is 11.6 Å². The van der Waals surface area contributed by atoms with Crippen LogP contribution in [0.2, 0.25) is 0 Å². The molecule has 1 aromatic carbocycles. The predicted molar refractivity (Wildman–Crippen MR) is 66.1 cm³/mol. The second-order valence-electron chi connectivity index (χ2n) is 3.56. The van der Waals surface area contributed by atoms with Crippen molar-refractivity contribution in [3.05, 3.63) is 60.3 Å². The van der Waals surface area contributed by atoms with Crippen LogP contribution in [0.4, 0.5) is 5.82 Å². The van der Waals surface area contributed by atoms with Gasteiger partial charge >= 0.3 is 0 Å². The fourth-order valence-electron chi connectivity index (χ4n) is 1.59. The number of nitrogens with two attached hydrogens (primary N) is 1. The fraction of sp³-hybridized carbons (Fsp3) is 0.154. The van der Waals surface area contributed by atoms with Gasteiger partial charge < -0.3 is 11.1 Å². The number of anilines is 1. The molecule has 1 atom stereocenters. The third kappa shape index (κ3) is 2.58. The first kappa shape index (κ1) is 10.6. The number of hydrogen-bond acceptors (Lipinski definition) is 3. The van der Waals surface area contributed by atoms with E-state index in [1.165, 1.54) is 5.56 Å². The maximum atomic E-state index is 5.76. The fourth-order valence-corrected chi connectivity index (χ4v) is 1.59. The molecule has 0 amide bonds. The monoisotopic (exact) mass is 213 g/mol. The lowest BCUT2D eigenvalue weighted by molar-refractivity contribution is 0.784. The maximum absolute atomic E-state index is 5.76. The number of nitrogens with zero attached hydrogens (tertiary/aromatic N) is 1. The molecule has 3 N–H and O–H groups in total. The molecule has 1 unspecified atom stereocenters. The van der Waals surface area contributed by atoms with Crippen molar-refractivity contribution in [1.29, 1.82) is 0 Å². The van der Waals surface area contributed by atoms with Crippen LogP contribution >= 0.6 is 0 Å². The Labute approximate surface area is 95.3 Å². The van der Waals surface area contributed by atoms with Crippen molar-refractivity contribution < 1.29 is 0 Å². The number of rotatable bonds is 4. The van der Waals surface area contributed by atoms with Gasteiger partial charge in [0, 0.05) is 12.7 Å². The molecule has 3 heteroatoms. The Bertz CT molecular complexity index is 414. The molecule has 0 bridgehead atoms. The van der Waals surface area contributed by atoms with Gasteiger partial charge in [0.15, 0.2) is 0 Å². The summed E-state index contributed by atoms with van der Waals surface area (Å²) in [6.07, 6.45) is 1.76. The number of pyridine rings is 1. The highest BCUT2D eigenvalue weighted by molar-refractivity contribution is 5.38. The Morgan fingerprint density at radius 1 is 1.06 bits per heavy atom. The largest absolute Gasteiger partial charge is 0.362 e. The van der Waals surface area contributed by atoms with Gasteiger partial charge in [-0.15, -0.1) is 0 Å². The molecule has 0 aliphatic rings. The third-order valence-corrected chi connectivity index (χ3v) is 2.42. The molecule has 0 saturated heterocycles. The Kier molecular flexibility index (Phi) is 3.51. The molecule has 2 aromatic rings. The van der Waals surface area contributed by atoms with E-state index in [4.69, 9.17) is 5.73 Å². The quantitative estimate of drug-likeness (QED) is 0.818. The second-order valence-corrected chi connectivity index (χ2v) is 3.56. The van der Waals surface area contributed by atoms with Crippen molar-refractivity contribution in [3.63, 3.8) is 0 Å². The normalized spacial score (nSPS) is 12.1. The van der Waals surface area contributed by atoms with Gasteiger partial charge in [-0.2, -0.15) is 0 Å². The molecule has 16 heavy (non-hydrogen) atoms. The number of hydrogen-bond donors (Lipinski definition) is 2. The minimum atomic E-state index is 0.107. The van der Waals surface area contributed by atoms with Gasteiger partial charge in [0.25, 0.3) is 0 Å². The molecular weight excluding hydrogens is 198 g/mol. The van der Waals surface area contributed by atoms with Gasteiger partial charge in [-0.25, -0.2) is 4.98 Å². The number of benzene rings is 1. The molecular formula is C13H15N3. The topological polar surface area (TPSA) is 50.9 Å². The van der Waals surface area contributed by atoms with Crippen LogP contribution in [0, 0.1) is 0 Å². The lowest BCUT2D eigenvalue weighted by atomic mass is 10.1. The number of nitrogens with one attached hydrogen (secondary N) is 1. The summed E-state index contributed by atoms with van der Waals surface area (Å²) < 4.78 is 0. The molecule has 2 rings (SSSR count). The highest BCUT2D eigenvalue weighted by Crippen LogP contribution is 2.16. The zero-order valence-electron chi connectivity index (χ0n) is 9.01. The zero-order chi connectivity index (χ0) is 11.2. The summed E-state index contributed by atoms with van der Waals surface area (Å²) in [5, 5.41) is 3.31. The van der Waals surface area contributed by atoms with Crippen molar-refractivity contribution in [2.75, 3.05) is 11.9 Å². The molecule has 3 nitrogen and oxygen atoms in total. The Morgan fingerprint density at radius 3 is 2.44 bits per heavy atom. The smallest absolute Gasteiger partial charge is 0.126 e. The standard InChI is InChI=1S/C13H15N3/c14-10-12(11-6-2-1-3-7-11)16-13-8-4-5-9-15-13/h1-9,12H,10,14H2,(H,15,16). The minimum absolute atomic E-state index is 0.107. The highest BCUT2D eigenvalue weighted by atomic mass is 15.0. The van der Waals surface area contributed by atoms with Crippen LogP contribution in [0.5, 0.6) is 0 Å². The summed E-state index contributed by atoms with van der Waals surface area (Å²) >= 11 is 0. The Hall–Kier alpha value is -1.87. The summed E-state index contributed by atoms with van der Waals surface area (Å²) in [4.78, 5) is 4.23. The summed E-state index contributed by atoms with van der Waals surface area (Å²) in [5.74, 6) is 0.849. The first-order valence-electron chi connectivity index (χ1n) is 5.33. The lowest BCUT2D eigenvalue weighted by Gasteiger charge is -2.17. The summed E-state index contributed by atoms with van der Waals surface area (Å²) in [6, 6.07) is 16.0. The van der Waals surface area contributed by atoms with Crippen LogP contribution in [0.3, 0.4) is 0 Å². The van der Waals surface area contributed by atoms with Crippen LogP contribution in [0.15, 0.2) is 54.7 Å². The Morgan fingerprint density at radius 2 is 1.81 bits per heavy atom. The average Bonchev–Trinajstić information content (AvgIpc) is 2.38. The molecule has 0 spiro atoms. The SMILES string of the molecule is NCC(Nc1ccccn1)c1ccccc1. The highest BCUT2D eigenvalue weighted by Gasteiger charge is 2.08. The summed E-state index contributed by atoms with van der Waals surface area (Å²) in [5.41, 5.74) is 6.94. The van der Waals surface area contributed by atoms with E-state index >= 15 is 0 Å². The lowest BCUT2D eigenvalue weighted by Crippen LogP contribution is -2.20. The van der Waals surface area contributed by atoms with E-state index in [0.29, 0.717) is 6.54 Å². The van der Waals surface area contributed by atoms with E-state index in [1.807, 2.05) is 36.4 Å². The van der Waals surface area contributed by atoms with E-state index in [9.17, 15) is 0 Å². The van der Waals surface area contributed by atoms with Crippen molar-refractivity contribution >= 4 is 5.82 Å². The van der Waals surface area contributed by atoms with E-state index in [0.717, 1.165) is 5.82 Å². The van der Waals surface area contributed by atoms with Crippen LogP contribution in [-0.4, -0.2) is 11.5 Å². The predicted octanol–water partition coefficient (Wildman–Crippen LogP) is 2.19. The number of aromatic nitrogens is 1. The molecule has 0 aliphatic carbocycles. The van der Waals surface area contributed by atoms with Gasteiger partial charge in [0.2, 0.25) is 0 Å². The van der Waals surface area contributed by atoms with Crippen molar-refractivity contribution in [1.82, 2.24) is 4.98 Å². The third-order valence-electron chi connectivity index (χ3n) is 2.42. The molecule has 0 radical (unpaired) electrons. The average molecular weight is 213 g/mol. The van der Waals surface area contributed by atoms with Crippen LogP contribution in [-0.2, 0) is 0 Å². The van der Waals surface area contributed by atoms with E-state index in [-0.39, 0.29) is 6.04 Å². The summed E-state index contributed by atoms with van der Waals surface area (Å²) in [7, 11) is 0. The van der Waals surface area contributed by atoms with Gasteiger partial charge in [-0.05, 0) is 17.7 Å². The second kappa shape index (κ2) is 5.28. The van der Waals surface area contributed by atoms with E-state index < -0.39 is 0 Å². The molecule has 1 aromatic heterocycles. The maximum Gasteiger partial charge on any atom is 0.126 e. The first-order valence-corrected chi connectivity index (χ1v) is 5.33. The van der Waals surface area contributed by atoms with Crippen molar-refractivity contribution in [2.45, 2.75) is 6.04 Å². The molecule has 0 saturated carbocycles. The van der Waals surface area contributed by atoms with Gasteiger partial charge in [0.1, 0.15) is 5.82 Å². The molecule has 0 aliphatic heterocycles. The van der Waals surface area contributed by atoms with Crippen LogP contribution < -0.4 is 11.1 Å². The molecule has 1 heterocycles. The van der Waals surface area contributed by atoms with Gasteiger partial charge in [-0.1, -0.05) is 36.4 Å². The van der Waals surface area contributed by atoms with E-state index in [1.54, 1.807) is 6.20 Å². The zero-order valence-corrected chi connectivity index (χ0v) is 9.01. The van der Waals surface area contributed by atoms with Crippen molar-refractivity contribution in [2.24, 2.45) is 5.73 Å². The molecule has 82 valence electrons. The molecule has 0 fully saturated rings.